The summed E-state index contributed by atoms with van der Waals surface area (Å²) in [6, 6.07) is -0.150. The van der Waals surface area contributed by atoms with Crippen molar-refractivity contribution in [2.75, 3.05) is 13.1 Å². The Morgan fingerprint density at radius 1 is 1.58 bits per heavy atom. The summed E-state index contributed by atoms with van der Waals surface area (Å²) in [5.41, 5.74) is 1.08. The molecule has 1 aliphatic heterocycles. The molecule has 1 amide bonds. The van der Waals surface area contributed by atoms with E-state index in [1.165, 1.54) is 6.33 Å². The highest BCUT2D eigenvalue weighted by Crippen LogP contribution is 2.09. The number of hydrogen-bond acceptors (Lipinski definition) is 5. The Labute approximate surface area is 112 Å². The predicted molar refractivity (Wildman–Crippen MR) is 71.6 cm³/mol. The third kappa shape index (κ3) is 3.30. The monoisotopic (exact) mass is 264 g/mol. The lowest BCUT2D eigenvalue weighted by Crippen LogP contribution is -2.36. The van der Waals surface area contributed by atoms with Gasteiger partial charge in [-0.25, -0.2) is 9.67 Å². The molecule has 0 fully saturated rings. The molecule has 0 bridgehead atoms. The van der Waals surface area contributed by atoms with Gasteiger partial charge in [-0.1, -0.05) is 0 Å². The predicted octanol–water partition coefficient (Wildman–Crippen LogP) is 0.557. The Bertz CT molecular complexity index is 480. The molecule has 7 nitrogen and oxygen atoms in total. The molecule has 1 aromatic rings. The zero-order valence-electron chi connectivity index (χ0n) is 11.6. The van der Waals surface area contributed by atoms with E-state index in [0.717, 1.165) is 31.0 Å². The minimum atomic E-state index is -0.150. The Morgan fingerprint density at radius 2 is 2.37 bits per heavy atom. The van der Waals surface area contributed by atoms with E-state index in [-0.39, 0.29) is 11.9 Å². The van der Waals surface area contributed by atoms with Gasteiger partial charge in [-0.2, -0.15) is 10.2 Å². The van der Waals surface area contributed by atoms with Gasteiger partial charge in [0.2, 0.25) is 5.91 Å². The first-order valence-electron chi connectivity index (χ1n) is 6.56. The number of nitrogens with zero attached hydrogens (tertiary/aromatic N) is 5. The fraction of sp³-hybridized carbons (Fsp3) is 0.667. The highest BCUT2D eigenvalue weighted by Gasteiger charge is 2.18. The van der Waals surface area contributed by atoms with E-state index in [2.05, 4.69) is 20.5 Å². The molecule has 0 aliphatic carbocycles. The van der Waals surface area contributed by atoms with Gasteiger partial charge in [0.25, 0.3) is 0 Å². The molecular weight excluding hydrogens is 244 g/mol. The summed E-state index contributed by atoms with van der Waals surface area (Å²) in [6.07, 6.45) is 2.45. The van der Waals surface area contributed by atoms with E-state index in [9.17, 15) is 4.79 Å². The van der Waals surface area contributed by atoms with E-state index in [4.69, 9.17) is 0 Å². The molecule has 2 rings (SSSR count). The van der Waals surface area contributed by atoms with Gasteiger partial charge in [-0.05, 0) is 20.8 Å². The molecular formula is C12H20N6O. The summed E-state index contributed by atoms with van der Waals surface area (Å²) in [6.45, 7) is 7.73. The maximum Gasteiger partial charge on any atom is 0.241 e. The summed E-state index contributed by atoms with van der Waals surface area (Å²) >= 11 is 0. The van der Waals surface area contributed by atoms with Gasteiger partial charge >= 0.3 is 0 Å². The number of carbonyl (C=O) groups is 1. The van der Waals surface area contributed by atoms with Crippen molar-refractivity contribution in [3.8, 4) is 0 Å². The molecule has 1 atom stereocenters. The van der Waals surface area contributed by atoms with E-state index in [1.807, 2.05) is 20.8 Å². The van der Waals surface area contributed by atoms with Crippen molar-refractivity contribution >= 4 is 11.6 Å². The summed E-state index contributed by atoms with van der Waals surface area (Å²) in [5.74, 6) is 0.730. The average molecular weight is 264 g/mol. The third-order valence-corrected chi connectivity index (χ3v) is 3.08. The first-order chi connectivity index (χ1) is 9.10. The Hall–Kier alpha value is -1.92. The van der Waals surface area contributed by atoms with Gasteiger partial charge in [-0.15, -0.1) is 0 Å². The second-order valence-corrected chi connectivity index (χ2v) is 4.70. The maximum absolute atomic E-state index is 11.9. The number of hydrogen-bond donors (Lipinski definition) is 1. The van der Waals surface area contributed by atoms with E-state index in [0.29, 0.717) is 6.54 Å². The second-order valence-electron chi connectivity index (χ2n) is 4.70. The van der Waals surface area contributed by atoms with Crippen LogP contribution in [0.25, 0.3) is 0 Å². The SMILES string of the molecule is CCn1ncnc1[C@H](C)NC(=O)CN1CCC(C)=N1. The molecule has 0 aromatic carbocycles. The quantitative estimate of drug-likeness (QED) is 0.843. The molecule has 0 saturated heterocycles. The van der Waals surface area contributed by atoms with Crippen LogP contribution >= 0.6 is 0 Å². The van der Waals surface area contributed by atoms with Crippen molar-refractivity contribution in [2.24, 2.45) is 5.10 Å². The number of hydrazone groups is 1. The topological polar surface area (TPSA) is 75.4 Å². The summed E-state index contributed by atoms with van der Waals surface area (Å²) in [7, 11) is 0. The van der Waals surface area contributed by atoms with Crippen LogP contribution in [0.4, 0.5) is 0 Å². The van der Waals surface area contributed by atoms with Crippen molar-refractivity contribution in [1.82, 2.24) is 25.1 Å². The first-order valence-corrected chi connectivity index (χ1v) is 6.56. The van der Waals surface area contributed by atoms with Crippen molar-refractivity contribution in [2.45, 2.75) is 39.8 Å². The van der Waals surface area contributed by atoms with Crippen LogP contribution in [-0.4, -0.2) is 44.5 Å². The van der Waals surface area contributed by atoms with E-state index in [1.54, 1.807) is 9.69 Å². The molecule has 19 heavy (non-hydrogen) atoms. The van der Waals surface area contributed by atoms with Crippen LogP contribution < -0.4 is 5.32 Å². The molecule has 1 aliphatic rings. The van der Waals surface area contributed by atoms with Gasteiger partial charge in [0.15, 0.2) is 0 Å². The summed E-state index contributed by atoms with van der Waals surface area (Å²) < 4.78 is 1.78. The van der Waals surface area contributed by atoms with Crippen LogP contribution in [0.2, 0.25) is 0 Å². The Kier molecular flexibility index (Phi) is 4.13. The Morgan fingerprint density at radius 3 is 3.00 bits per heavy atom. The van der Waals surface area contributed by atoms with Gasteiger partial charge in [-0.3, -0.25) is 9.80 Å². The lowest BCUT2D eigenvalue weighted by molar-refractivity contribution is -0.122. The van der Waals surface area contributed by atoms with Crippen LogP contribution in [0.15, 0.2) is 11.4 Å². The van der Waals surface area contributed by atoms with Gasteiger partial charge < -0.3 is 5.32 Å². The van der Waals surface area contributed by atoms with Crippen LogP contribution in [-0.2, 0) is 11.3 Å². The fourth-order valence-corrected chi connectivity index (χ4v) is 2.12. The maximum atomic E-state index is 11.9. The number of rotatable bonds is 5. The highest BCUT2D eigenvalue weighted by molar-refractivity contribution is 5.84. The van der Waals surface area contributed by atoms with Crippen molar-refractivity contribution < 1.29 is 4.79 Å². The van der Waals surface area contributed by atoms with E-state index < -0.39 is 0 Å². The molecule has 0 radical (unpaired) electrons. The van der Waals surface area contributed by atoms with Crippen LogP contribution in [0.3, 0.4) is 0 Å². The van der Waals surface area contributed by atoms with Gasteiger partial charge in [0.1, 0.15) is 18.7 Å². The Balaban J connectivity index is 1.88. The fourth-order valence-electron chi connectivity index (χ4n) is 2.12. The van der Waals surface area contributed by atoms with Crippen molar-refractivity contribution in [3.05, 3.63) is 12.2 Å². The lowest BCUT2D eigenvalue weighted by Gasteiger charge is -2.17. The molecule has 0 unspecified atom stereocenters. The minimum absolute atomic E-state index is 0.0448. The number of amides is 1. The third-order valence-electron chi connectivity index (χ3n) is 3.08. The molecule has 1 N–H and O–H groups in total. The molecule has 0 saturated carbocycles. The molecule has 0 spiro atoms. The van der Waals surface area contributed by atoms with Crippen LogP contribution in [0.5, 0.6) is 0 Å². The number of carbonyl (C=O) groups excluding carboxylic acids is 1. The number of nitrogens with one attached hydrogen (secondary N) is 1. The van der Waals surface area contributed by atoms with Crippen LogP contribution in [0, 0.1) is 0 Å². The summed E-state index contributed by atoms with van der Waals surface area (Å²) in [5, 5.41) is 13.1. The zero-order valence-corrected chi connectivity index (χ0v) is 11.6. The van der Waals surface area contributed by atoms with Crippen LogP contribution in [0.1, 0.15) is 39.1 Å². The smallest absolute Gasteiger partial charge is 0.241 e. The summed E-state index contributed by atoms with van der Waals surface area (Å²) in [4.78, 5) is 16.1. The van der Waals surface area contributed by atoms with Gasteiger partial charge in [0.05, 0.1) is 6.04 Å². The molecule has 104 valence electrons. The average Bonchev–Trinajstić information content (AvgIpc) is 2.97. The second kappa shape index (κ2) is 5.81. The first kappa shape index (κ1) is 13.5. The van der Waals surface area contributed by atoms with Crippen molar-refractivity contribution in [1.29, 1.82) is 0 Å². The molecule has 2 heterocycles. The number of aromatic nitrogens is 3. The largest absolute Gasteiger partial charge is 0.345 e. The van der Waals surface area contributed by atoms with E-state index >= 15 is 0 Å². The molecule has 1 aromatic heterocycles. The van der Waals surface area contributed by atoms with Crippen molar-refractivity contribution in [3.63, 3.8) is 0 Å². The highest BCUT2D eigenvalue weighted by atomic mass is 16.2. The normalized spacial score (nSPS) is 16.4. The number of aryl methyl sites for hydroxylation is 1. The standard InChI is InChI=1S/C12H20N6O/c1-4-18-12(13-8-14-18)10(3)15-11(19)7-17-6-5-9(2)16-17/h8,10H,4-7H2,1-3H3,(H,15,19)/t10-/m0/s1. The molecule has 7 heteroatoms. The lowest BCUT2D eigenvalue weighted by atomic mass is 10.3. The van der Waals surface area contributed by atoms with Gasteiger partial charge in [0, 0.05) is 25.2 Å². The zero-order chi connectivity index (χ0) is 13.8. The minimum Gasteiger partial charge on any atom is -0.345 e.